The van der Waals surface area contributed by atoms with Crippen LogP contribution in [-0.2, 0) is 21.0 Å². The van der Waals surface area contributed by atoms with Crippen LogP contribution in [0.3, 0.4) is 0 Å². The maximum atomic E-state index is 8.19. The van der Waals surface area contributed by atoms with Crippen molar-refractivity contribution in [3.05, 3.63) is 92.9 Å². The molecule has 9 rings (SSSR count). The van der Waals surface area contributed by atoms with Crippen LogP contribution in [0.25, 0.3) is 89.7 Å². The van der Waals surface area contributed by atoms with Crippen LogP contribution < -0.4 is 9.97 Å². The molecule has 0 saturated heterocycles. The summed E-state index contributed by atoms with van der Waals surface area (Å²) >= 11 is 26.8. The van der Waals surface area contributed by atoms with Crippen LogP contribution in [0, 0.1) is 0 Å². The molecule has 9 nitrogen and oxygen atoms in total. The summed E-state index contributed by atoms with van der Waals surface area (Å²) in [5, 5.41) is 5.08. The molecular formula is C32H12Cl4N8OV. The fourth-order valence-electron chi connectivity index (χ4n) is 5.55. The van der Waals surface area contributed by atoms with Crippen LogP contribution in [0.2, 0.25) is 20.1 Å². The molecule has 7 aromatic rings. The Morgan fingerprint density at radius 2 is 0.717 bits per heavy atom. The number of hydrogen-bond donors (Lipinski definition) is 0. The maximum absolute atomic E-state index is 8.19. The van der Waals surface area contributed by atoms with E-state index in [1.54, 1.807) is 36.4 Å². The van der Waals surface area contributed by atoms with Crippen LogP contribution >= 0.6 is 46.4 Å². The van der Waals surface area contributed by atoms with Crippen LogP contribution in [0.1, 0.15) is 0 Å². The summed E-state index contributed by atoms with van der Waals surface area (Å²) in [5.41, 5.74) is 4.58. The van der Waals surface area contributed by atoms with Crippen molar-refractivity contribution in [1.82, 2.24) is 39.9 Å². The predicted molar refractivity (Wildman–Crippen MR) is 175 cm³/mol. The molecule has 0 atom stereocenters. The SMILES string of the molecule is Clc1ccc2c(c1)-c1nc-2nc2[n-]c(nc3nc(nc4[n-]c(n1)c1ccc(Cl)cc41)-c1cc(Cl)ccc1-3)c1cc(Cl)ccc21.[O]=[V+2]. The topological polar surface area (TPSA) is 123 Å². The van der Waals surface area contributed by atoms with E-state index in [4.69, 9.17) is 89.9 Å². The Balaban J connectivity index is 0.00000153. The molecule has 3 aromatic heterocycles. The van der Waals surface area contributed by atoms with Gasteiger partial charge in [0.05, 0.1) is 23.3 Å². The Morgan fingerprint density at radius 1 is 0.391 bits per heavy atom. The molecule has 0 unspecified atom stereocenters. The molecule has 0 N–H and O–H groups in total. The van der Waals surface area contributed by atoms with E-state index < -0.39 is 0 Å². The quantitative estimate of drug-likeness (QED) is 0.152. The predicted octanol–water partition coefficient (Wildman–Crippen LogP) is 8.62. The zero-order valence-corrected chi connectivity index (χ0v) is 27.3. The zero-order chi connectivity index (χ0) is 31.7. The van der Waals surface area contributed by atoms with Crippen LogP contribution in [-0.4, -0.2) is 29.9 Å². The number of nitrogens with zero attached hydrogens (tertiary/aromatic N) is 8. The third-order valence-corrected chi connectivity index (χ3v) is 8.49. The van der Waals surface area contributed by atoms with Crippen molar-refractivity contribution in [2.45, 2.75) is 0 Å². The molecule has 5 heterocycles. The van der Waals surface area contributed by atoms with Crippen molar-refractivity contribution < 1.29 is 21.0 Å². The van der Waals surface area contributed by atoms with Gasteiger partial charge in [-0.05, 0) is 70.1 Å². The number of fused-ring (bicyclic) bond motifs is 20. The number of benzene rings is 4. The van der Waals surface area contributed by atoms with E-state index >= 15 is 0 Å². The second-order valence-electron chi connectivity index (χ2n) is 10.2. The molecule has 0 saturated carbocycles. The Labute approximate surface area is 288 Å². The van der Waals surface area contributed by atoms with Crippen molar-refractivity contribution in [2.24, 2.45) is 0 Å². The van der Waals surface area contributed by atoms with Gasteiger partial charge in [0.25, 0.3) is 0 Å². The Kier molecular flexibility index (Phi) is 7.14. The monoisotopic (exact) mass is 715 g/mol. The summed E-state index contributed by atoms with van der Waals surface area (Å²) in [6, 6.07) is 21.8. The van der Waals surface area contributed by atoms with Gasteiger partial charge in [-0.15, -0.1) is 0 Å². The van der Waals surface area contributed by atoms with Gasteiger partial charge in [-0.25, -0.2) is 9.97 Å². The van der Waals surface area contributed by atoms with Gasteiger partial charge >= 0.3 is 21.0 Å². The molecule has 0 spiro atoms. The Hall–Kier alpha value is -4.22. The van der Waals surface area contributed by atoms with Crippen molar-refractivity contribution in [1.29, 1.82) is 0 Å². The number of rotatable bonds is 0. The summed E-state index contributed by atoms with van der Waals surface area (Å²) in [4.78, 5) is 38.9. The molecule has 219 valence electrons. The zero-order valence-electron chi connectivity index (χ0n) is 22.9. The molecule has 46 heavy (non-hydrogen) atoms. The molecule has 0 amide bonds. The first-order valence-electron chi connectivity index (χ1n) is 13.5. The fraction of sp³-hybridized carbons (Fsp3) is 0. The average molecular weight is 717 g/mol. The minimum absolute atomic E-state index is 0.393. The van der Waals surface area contributed by atoms with Gasteiger partial charge in [-0.2, -0.15) is 0 Å². The molecular weight excluding hydrogens is 705 g/mol. The van der Waals surface area contributed by atoms with Crippen LogP contribution in [0.5, 0.6) is 0 Å². The van der Waals surface area contributed by atoms with Gasteiger partial charge in [-0.1, -0.05) is 70.7 Å². The van der Waals surface area contributed by atoms with Gasteiger partial charge in [-0.3, -0.25) is 0 Å². The Morgan fingerprint density at radius 3 is 1.13 bits per heavy atom. The number of hydrogen-bond acceptors (Lipinski definition) is 7. The standard InChI is InChI=1S/C32H12Cl4N8.O.V/c33-13-1-5-17-21(9-13)29-38-25(17)37-26-18-6-2-14(34)10-22(18)30(39-26)41-28-20-8-4-16(36)12-24(20)32(43-28)44-31-23-11-15(35)3-7-19(23)27(40-29)42-31;;/h1-12H;;/q-2;;+2. The van der Waals surface area contributed by atoms with E-state index in [1.807, 2.05) is 36.4 Å². The van der Waals surface area contributed by atoms with Crippen molar-refractivity contribution in [2.75, 3.05) is 0 Å². The number of aromatic nitrogens is 8. The van der Waals surface area contributed by atoms with Crippen LogP contribution in [0.15, 0.2) is 72.8 Å². The van der Waals surface area contributed by atoms with Gasteiger partial charge in [0.15, 0.2) is 0 Å². The molecule has 2 aliphatic heterocycles. The summed E-state index contributed by atoms with van der Waals surface area (Å²) in [7, 11) is 0. The summed E-state index contributed by atoms with van der Waals surface area (Å²) in [6.07, 6.45) is 0. The second-order valence-corrected chi connectivity index (χ2v) is 12.0. The molecule has 0 radical (unpaired) electrons. The van der Waals surface area contributed by atoms with E-state index in [-0.39, 0.29) is 0 Å². The van der Waals surface area contributed by atoms with E-state index in [0.29, 0.717) is 76.9 Å². The summed E-state index contributed by atoms with van der Waals surface area (Å²) in [6.45, 7) is 0. The van der Waals surface area contributed by atoms with Gasteiger partial charge in [0.2, 0.25) is 0 Å². The van der Waals surface area contributed by atoms with E-state index in [2.05, 4.69) is 0 Å². The molecule has 8 bridgehead atoms. The summed E-state index contributed by atoms with van der Waals surface area (Å²) < 4.78 is 8.19. The van der Waals surface area contributed by atoms with Gasteiger partial charge in [0, 0.05) is 64.9 Å². The fourth-order valence-corrected chi connectivity index (χ4v) is 6.24. The molecule has 2 aliphatic rings. The normalized spacial score (nSPS) is 11.7. The van der Waals surface area contributed by atoms with Gasteiger partial charge in [0.1, 0.15) is 0 Å². The summed E-state index contributed by atoms with van der Waals surface area (Å²) in [5.74, 6) is 1.65. The molecule has 4 aromatic carbocycles. The second kappa shape index (κ2) is 11.2. The van der Waals surface area contributed by atoms with Crippen LogP contribution in [0.4, 0.5) is 0 Å². The molecule has 0 aliphatic carbocycles. The number of halogens is 4. The van der Waals surface area contributed by atoms with Gasteiger partial charge < -0.3 is 29.9 Å². The molecule has 0 fully saturated rings. The van der Waals surface area contributed by atoms with E-state index in [0.717, 1.165) is 50.2 Å². The van der Waals surface area contributed by atoms with Crippen molar-refractivity contribution >= 4 is 90.5 Å². The Bertz CT molecular complexity index is 2610. The van der Waals surface area contributed by atoms with Crippen molar-refractivity contribution in [3.63, 3.8) is 0 Å². The first kappa shape index (κ1) is 29.2. The first-order valence-corrected chi connectivity index (χ1v) is 15.6. The average Bonchev–Trinajstić information content (AvgIpc) is 3.76. The van der Waals surface area contributed by atoms with Crippen molar-refractivity contribution in [3.8, 4) is 45.6 Å². The van der Waals surface area contributed by atoms with E-state index in [1.165, 1.54) is 0 Å². The minimum atomic E-state index is 0.393. The molecule has 14 heteroatoms. The first-order chi connectivity index (χ1) is 22.4. The third kappa shape index (κ3) is 4.79. The third-order valence-electron chi connectivity index (χ3n) is 7.55. The van der Waals surface area contributed by atoms with E-state index in [9.17, 15) is 0 Å².